The molecule has 1 atom stereocenters. The molecule has 2 aromatic carbocycles. The Morgan fingerprint density at radius 3 is 2.88 bits per heavy atom. The first kappa shape index (κ1) is 16.3. The van der Waals surface area contributed by atoms with Gasteiger partial charge in [0.15, 0.2) is 0 Å². The van der Waals surface area contributed by atoms with Crippen LogP contribution in [0.2, 0.25) is 0 Å². The number of likely N-dealkylation sites (tertiary alicyclic amines) is 1. The molecule has 1 aliphatic rings. The zero-order valence-electron chi connectivity index (χ0n) is 14.2. The molecule has 0 unspecified atom stereocenters. The van der Waals surface area contributed by atoms with Crippen molar-refractivity contribution in [3.8, 4) is 0 Å². The van der Waals surface area contributed by atoms with Gasteiger partial charge in [-0.05, 0) is 11.6 Å². The van der Waals surface area contributed by atoms with E-state index in [-0.39, 0.29) is 18.4 Å². The van der Waals surface area contributed by atoms with Gasteiger partial charge in [0.05, 0.1) is 23.9 Å². The van der Waals surface area contributed by atoms with Crippen LogP contribution in [-0.2, 0) is 16.1 Å². The predicted molar refractivity (Wildman–Crippen MR) is 96.3 cm³/mol. The van der Waals surface area contributed by atoms with Crippen LogP contribution in [-0.4, -0.2) is 40.1 Å². The van der Waals surface area contributed by atoms with E-state index in [1.165, 1.54) is 0 Å². The van der Waals surface area contributed by atoms with E-state index in [2.05, 4.69) is 10.2 Å². The highest BCUT2D eigenvalue weighted by atomic mass is 16.5. The van der Waals surface area contributed by atoms with Crippen molar-refractivity contribution in [3.05, 3.63) is 65.9 Å². The SMILES string of the molecule is O=C(OC[C@@H]1CC(=O)N(Cc2ccccc2)C1)c1cccc2cn[nH]c12. The monoisotopic (exact) mass is 349 g/mol. The van der Waals surface area contributed by atoms with Crippen molar-refractivity contribution in [3.63, 3.8) is 0 Å². The second kappa shape index (κ2) is 7.00. The zero-order chi connectivity index (χ0) is 17.9. The second-order valence-electron chi connectivity index (χ2n) is 6.57. The summed E-state index contributed by atoms with van der Waals surface area (Å²) in [6, 6.07) is 15.3. The fourth-order valence-corrected chi connectivity index (χ4v) is 3.33. The lowest BCUT2D eigenvalue weighted by Crippen LogP contribution is -2.25. The van der Waals surface area contributed by atoms with E-state index in [1.54, 1.807) is 18.3 Å². The predicted octanol–water partition coefficient (Wildman–Crippen LogP) is 2.77. The maximum absolute atomic E-state index is 12.4. The minimum atomic E-state index is -0.395. The quantitative estimate of drug-likeness (QED) is 0.719. The summed E-state index contributed by atoms with van der Waals surface area (Å²) in [6.07, 6.45) is 2.08. The van der Waals surface area contributed by atoms with Gasteiger partial charge in [0.1, 0.15) is 0 Å². The van der Waals surface area contributed by atoms with Crippen molar-refractivity contribution in [1.29, 1.82) is 0 Å². The number of benzene rings is 2. The Hall–Kier alpha value is -3.15. The number of hydrogen-bond donors (Lipinski definition) is 1. The number of para-hydroxylation sites is 1. The van der Waals surface area contributed by atoms with Gasteiger partial charge in [-0.15, -0.1) is 0 Å². The van der Waals surface area contributed by atoms with Crippen LogP contribution in [0, 0.1) is 5.92 Å². The third-order valence-corrected chi connectivity index (χ3v) is 4.66. The van der Waals surface area contributed by atoms with Gasteiger partial charge in [-0.2, -0.15) is 5.10 Å². The highest BCUT2D eigenvalue weighted by Crippen LogP contribution is 2.22. The third-order valence-electron chi connectivity index (χ3n) is 4.66. The van der Waals surface area contributed by atoms with Crippen LogP contribution in [0.3, 0.4) is 0 Å². The first-order valence-corrected chi connectivity index (χ1v) is 8.61. The van der Waals surface area contributed by atoms with Gasteiger partial charge in [0.25, 0.3) is 0 Å². The maximum Gasteiger partial charge on any atom is 0.340 e. The number of nitrogens with one attached hydrogen (secondary N) is 1. The fourth-order valence-electron chi connectivity index (χ4n) is 3.33. The zero-order valence-corrected chi connectivity index (χ0v) is 14.2. The lowest BCUT2D eigenvalue weighted by Gasteiger charge is -2.16. The number of aromatic nitrogens is 2. The van der Waals surface area contributed by atoms with Crippen molar-refractivity contribution in [2.24, 2.45) is 5.92 Å². The standard InChI is InChI=1S/C20H19N3O3/c24-18-9-15(12-23(18)11-14-5-2-1-3-6-14)13-26-20(25)17-8-4-7-16-10-21-22-19(16)17/h1-8,10,15H,9,11-13H2,(H,21,22)/t15-/m1/s1. The van der Waals surface area contributed by atoms with E-state index in [0.717, 1.165) is 10.9 Å². The van der Waals surface area contributed by atoms with Crippen molar-refractivity contribution in [2.75, 3.05) is 13.2 Å². The Morgan fingerprint density at radius 2 is 2.04 bits per heavy atom. The largest absolute Gasteiger partial charge is 0.462 e. The van der Waals surface area contributed by atoms with Gasteiger partial charge < -0.3 is 9.64 Å². The van der Waals surface area contributed by atoms with E-state index in [9.17, 15) is 9.59 Å². The molecule has 1 aliphatic heterocycles. The number of aromatic amines is 1. The number of esters is 1. The number of fused-ring (bicyclic) bond motifs is 1. The van der Waals surface area contributed by atoms with Crippen LogP contribution in [0.25, 0.3) is 10.9 Å². The van der Waals surface area contributed by atoms with E-state index >= 15 is 0 Å². The summed E-state index contributed by atoms with van der Waals surface area (Å²) in [7, 11) is 0. The lowest BCUT2D eigenvalue weighted by molar-refractivity contribution is -0.128. The van der Waals surface area contributed by atoms with Crippen LogP contribution >= 0.6 is 0 Å². The van der Waals surface area contributed by atoms with Crippen LogP contribution in [0.15, 0.2) is 54.7 Å². The summed E-state index contributed by atoms with van der Waals surface area (Å²) < 4.78 is 5.47. The molecule has 0 radical (unpaired) electrons. The Kier molecular flexibility index (Phi) is 4.39. The number of nitrogens with zero attached hydrogens (tertiary/aromatic N) is 2. The van der Waals surface area contributed by atoms with Gasteiger partial charge in [-0.1, -0.05) is 42.5 Å². The first-order chi connectivity index (χ1) is 12.7. The molecule has 1 saturated heterocycles. The molecule has 0 saturated carbocycles. The second-order valence-corrected chi connectivity index (χ2v) is 6.57. The topological polar surface area (TPSA) is 75.3 Å². The van der Waals surface area contributed by atoms with Gasteiger partial charge >= 0.3 is 5.97 Å². The Labute approximate surface area is 150 Å². The van der Waals surface area contributed by atoms with Gasteiger partial charge in [-0.3, -0.25) is 9.89 Å². The molecule has 0 spiro atoms. The number of carbonyl (C=O) groups excluding carboxylic acids is 2. The summed E-state index contributed by atoms with van der Waals surface area (Å²) in [4.78, 5) is 26.4. The van der Waals surface area contributed by atoms with Crippen LogP contribution in [0.1, 0.15) is 22.3 Å². The molecule has 6 nitrogen and oxygen atoms in total. The number of hydrogen-bond acceptors (Lipinski definition) is 4. The van der Waals surface area contributed by atoms with E-state index in [0.29, 0.717) is 30.6 Å². The molecule has 2 heterocycles. The normalized spacial score (nSPS) is 17.0. The molecule has 1 aromatic heterocycles. The molecule has 1 amide bonds. The molecular formula is C20H19N3O3. The minimum absolute atomic E-state index is 0.0242. The summed E-state index contributed by atoms with van der Waals surface area (Å²) in [5.41, 5.74) is 2.24. The van der Waals surface area contributed by atoms with Crippen LogP contribution in [0.5, 0.6) is 0 Å². The molecule has 0 bridgehead atoms. The van der Waals surface area contributed by atoms with Crippen LogP contribution < -0.4 is 0 Å². The smallest absolute Gasteiger partial charge is 0.340 e. The molecule has 1 fully saturated rings. The highest BCUT2D eigenvalue weighted by Gasteiger charge is 2.30. The number of carbonyl (C=O) groups is 2. The van der Waals surface area contributed by atoms with Crippen molar-refractivity contribution in [2.45, 2.75) is 13.0 Å². The molecule has 4 rings (SSSR count). The number of H-pyrrole nitrogens is 1. The summed E-state index contributed by atoms with van der Waals surface area (Å²) in [6.45, 7) is 1.44. The number of ether oxygens (including phenoxy) is 1. The maximum atomic E-state index is 12.4. The molecule has 1 N–H and O–H groups in total. The van der Waals surface area contributed by atoms with Crippen molar-refractivity contribution >= 4 is 22.8 Å². The summed E-state index contributed by atoms with van der Waals surface area (Å²) in [5.74, 6) is -0.268. The number of amides is 1. The van der Waals surface area contributed by atoms with E-state index in [1.807, 2.05) is 41.3 Å². The molecule has 0 aliphatic carbocycles. The Balaban J connectivity index is 1.36. The Morgan fingerprint density at radius 1 is 1.19 bits per heavy atom. The van der Waals surface area contributed by atoms with Gasteiger partial charge in [0, 0.05) is 30.8 Å². The lowest BCUT2D eigenvalue weighted by atomic mass is 10.1. The third kappa shape index (κ3) is 3.31. The average molecular weight is 349 g/mol. The molecule has 6 heteroatoms. The van der Waals surface area contributed by atoms with Crippen molar-refractivity contribution < 1.29 is 14.3 Å². The number of rotatable bonds is 5. The highest BCUT2D eigenvalue weighted by molar-refractivity contribution is 6.02. The van der Waals surface area contributed by atoms with Gasteiger partial charge in [-0.25, -0.2) is 4.79 Å². The molecular weight excluding hydrogens is 330 g/mol. The van der Waals surface area contributed by atoms with Crippen molar-refractivity contribution in [1.82, 2.24) is 15.1 Å². The molecule has 26 heavy (non-hydrogen) atoms. The molecule has 3 aromatic rings. The first-order valence-electron chi connectivity index (χ1n) is 8.61. The average Bonchev–Trinajstić information content (AvgIpc) is 3.27. The van der Waals surface area contributed by atoms with Gasteiger partial charge in [0.2, 0.25) is 5.91 Å². The molecule has 132 valence electrons. The summed E-state index contributed by atoms with van der Waals surface area (Å²) in [5, 5.41) is 7.65. The minimum Gasteiger partial charge on any atom is -0.462 e. The fraction of sp³-hybridized carbons (Fsp3) is 0.250. The Bertz CT molecular complexity index is 936. The summed E-state index contributed by atoms with van der Waals surface area (Å²) >= 11 is 0. The van der Waals surface area contributed by atoms with E-state index < -0.39 is 5.97 Å². The van der Waals surface area contributed by atoms with Crippen LogP contribution in [0.4, 0.5) is 0 Å². The van der Waals surface area contributed by atoms with E-state index in [4.69, 9.17) is 4.74 Å².